The first kappa shape index (κ1) is 16.3. The average molecular weight is 351 g/mol. The van der Waals surface area contributed by atoms with Crippen LogP contribution in [0.2, 0.25) is 0 Å². The number of thioether (sulfide) groups is 1. The predicted octanol–water partition coefficient (Wildman–Crippen LogP) is 3.22. The van der Waals surface area contributed by atoms with Crippen LogP contribution in [0.4, 0.5) is 0 Å². The molecule has 0 spiro atoms. The monoisotopic (exact) mass is 351 g/mol. The molecule has 0 radical (unpaired) electrons. The Morgan fingerprint density at radius 2 is 2.22 bits per heavy atom. The zero-order chi connectivity index (χ0) is 16.4. The van der Waals surface area contributed by atoms with Crippen LogP contribution in [0.3, 0.4) is 0 Å². The molecule has 0 saturated carbocycles. The zero-order valence-corrected chi connectivity index (χ0v) is 14.2. The summed E-state index contributed by atoms with van der Waals surface area (Å²) in [5.41, 5.74) is 2.44. The highest BCUT2D eigenvalue weighted by atomic mass is 32.2. The first-order valence-corrected chi connectivity index (χ1v) is 8.85. The SMILES string of the molecule is O=C(O)CCCN1C(=O)C(=Cc2occ3c2CCCC3)SC1=S. The summed E-state index contributed by atoms with van der Waals surface area (Å²) in [5.74, 6) is -0.273. The standard InChI is InChI=1S/C16H17NO4S2/c18-14(19)6-3-7-17-15(20)13(23-16(17)22)8-12-11-5-2-1-4-10(11)9-21-12/h8-9H,1-7H2,(H,18,19). The van der Waals surface area contributed by atoms with Gasteiger partial charge in [0.1, 0.15) is 10.1 Å². The largest absolute Gasteiger partial charge is 0.481 e. The van der Waals surface area contributed by atoms with Gasteiger partial charge in [-0.05, 0) is 37.7 Å². The van der Waals surface area contributed by atoms with Gasteiger partial charge in [0.15, 0.2) is 0 Å². The van der Waals surface area contributed by atoms with Crippen molar-refractivity contribution in [3.8, 4) is 0 Å². The van der Waals surface area contributed by atoms with Gasteiger partial charge < -0.3 is 9.52 Å². The maximum absolute atomic E-state index is 12.4. The molecule has 1 fully saturated rings. The van der Waals surface area contributed by atoms with E-state index in [1.807, 2.05) is 0 Å². The predicted molar refractivity (Wildman–Crippen MR) is 92.1 cm³/mol. The van der Waals surface area contributed by atoms with Gasteiger partial charge in [0, 0.05) is 24.6 Å². The number of nitrogens with zero attached hydrogens (tertiary/aromatic N) is 1. The molecule has 3 rings (SSSR count). The molecule has 1 aromatic heterocycles. The summed E-state index contributed by atoms with van der Waals surface area (Å²) in [5, 5.41) is 8.69. The molecule has 1 aromatic rings. The number of carboxylic acids is 1. The number of aliphatic carboxylic acids is 1. The summed E-state index contributed by atoms with van der Waals surface area (Å²) >= 11 is 6.49. The smallest absolute Gasteiger partial charge is 0.303 e. The maximum Gasteiger partial charge on any atom is 0.303 e. The van der Waals surface area contributed by atoms with Gasteiger partial charge in [0.2, 0.25) is 0 Å². The van der Waals surface area contributed by atoms with Crippen molar-refractivity contribution in [1.29, 1.82) is 0 Å². The zero-order valence-electron chi connectivity index (χ0n) is 12.5. The highest BCUT2D eigenvalue weighted by Gasteiger charge is 2.32. The number of amides is 1. The molecule has 0 unspecified atom stereocenters. The molecule has 122 valence electrons. The maximum atomic E-state index is 12.4. The molecule has 1 aliphatic heterocycles. The van der Waals surface area contributed by atoms with Gasteiger partial charge in [-0.3, -0.25) is 14.5 Å². The van der Waals surface area contributed by atoms with Gasteiger partial charge in [-0.25, -0.2) is 0 Å². The fourth-order valence-corrected chi connectivity index (χ4v) is 4.15. The minimum Gasteiger partial charge on any atom is -0.481 e. The van der Waals surface area contributed by atoms with E-state index in [4.69, 9.17) is 21.7 Å². The molecule has 1 N–H and O–H groups in total. The van der Waals surface area contributed by atoms with E-state index in [-0.39, 0.29) is 12.3 Å². The Morgan fingerprint density at radius 3 is 3.00 bits per heavy atom. The fourth-order valence-electron chi connectivity index (χ4n) is 2.87. The van der Waals surface area contributed by atoms with Crippen LogP contribution in [-0.2, 0) is 22.4 Å². The van der Waals surface area contributed by atoms with E-state index in [2.05, 4.69) is 0 Å². The fraction of sp³-hybridized carbons (Fsp3) is 0.438. The second-order valence-electron chi connectivity index (χ2n) is 5.64. The van der Waals surface area contributed by atoms with Crippen molar-refractivity contribution in [3.63, 3.8) is 0 Å². The molecule has 23 heavy (non-hydrogen) atoms. The van der Waals surface area contributed by atoms with Crippen molar-refractivity contribution in [2.24, 2.45) is 0 Å². The molecule has 0 bridgehead atoms. The number of fused-ring (bicyclic) bond motifs is 1. The number of hydrogen-bond donors (Lipinski definition) is 1. The Labute approximate surface area is 143 Å². The van der Waals surface area contributed by atoms with Gasteiger partial charge in [-0.1, -0.05) is 24.0 Å². The summed E-state index contributed by atoms with van der Waals surface area (Å²) in [6, 6.07) is 0. The lowest BCUT2D eigenvalue weighted by Gasteiger charge is -2.13. The topological polar surface area (TPSA) is 70.8 Å². The second kappa shape index (κ2) is 6.88. The van der Waals surface area contributed by atoms with E-state index in [1.54, 1.807) is 12.3 Å². The molecule has 1 amide bonds. The van der Waals surface area contributed by atoms with Crippen molar-refractivity contribution < 1.29 is 19.1 Å². The minimum absolute atomic E-state index is 0.0296. The van der Waals surface area contributed by atoms with Crippen molar-refractivity contribution in [2.45, 2.75) is 38.5 Å². The number of carbonyl (C=O) groups excluding carboxylic acids is 1. The molecule has 0 aromatic carbocycles. The number of carbonyl (C=O) groups is 2. The lowest BCUT2D eigenvalue weighted by molar-refractivity contribution is -0.137. The lowest BCUT2D eigenvalue weighted by atomic mass is 9.94. The number of furan rings is 1. The van der Waals surface area contributed by atoms with Crippen LogP contribution >= 0.6 is 24.0 Å². The number of thiocarbonyl (C=S) groups is 1. The third-order valence-corrected chi connectivity index (χ3v) is 5.42. The highest BCUT2D eigenvalue weighted by molar-refractivity contribution is 8.26. The summed E-state index contributed by atoms with van der Waals surface area (Å²) in [4.78, 5) is 25.1. The molecule has 5 nitrogen and oxygen atoms in total. The second-order valence-corrected chi connectivity index (χ2v) is 7.32. The molecule has 1 saturated heterocycles. The molecular weight excluding hydrogens is 334 g/mol. The first-order valence-electron chi connectivity index (χ1n) is 7.62. The van der Waals surface area contributed by atoms with E-state index < -0.39 is 5.97 Å². The summed E-state index contributed by atoms with van der Waals surface area (Å²) in [7, 11) is 0. The van der Waals surface area contributed by atoms with E-state index in [9.17, 15) is 9.59 Å². The molecule has 1 aliphatic carbocycles. The Hall–Kier alpha value is -1.60. The van der Waals surface area contributed by atoms with Gasteiger partial charge in [-0.2, -0.15) is 0 Å². The van der Waals surface area contributed by atoms with Crippen LogP contribution in [0, 0.1) is 0 Å². The Morgan fingerprint density at radius 1 is 1.43 bits per heavy atom. The van der Waals surface area contributed by atoms with Crippen LogP contribution in [0.15, 0.2) is 15.6 Å². The summed E-state index contributed by atoms with van der Waals surface area (Å²) in [6.45, 7) is 0.338. The molecule has 0 atom stereocenters. The molecule has 2 aliphatic rings. The Balaban J connectivity index is 1.74. The summed E-state index contributed by atoms with van der Waals surface area (Å²) in [6.07, 6.45) is 8.32. The average Bonchev–Trinajstić information content (AvgIpc) is 3.04. The van der Waals surface area contributed by atoms with E-state index in [0.29, 0.717) is 22.2 Å². The minimum atomic E-state index is -0.867. The van der Waals surface area contributed by atoms with Gasteiger partial charge in [0.05, 0.1) is 11.2 Å². The van der Waals surface area contributed by atoms with Crippen LogP contribution < -0.4 is 0 Å². The first-order chi connectivity index (χ1) is 11.1. The van der Waals surface area contributed by atoms with E-state index in [0.717, 1.165) is 25.0 Å². The number of rotatable bonds is 5. The van der Waals surface area contributed by atoms with Crippen molar-refractivity contribution in [3.05, 3.63) is 28.1 Å². The highest BCUT2D eigenvalue weighted by Crippen LogP contribution is 2.35. The van der Waals surface area contributed by atoms with Gasteiger partial charge in [-0.15, -0.1) is 0 Å². The Kier molecular flexibility index (Phi) is 4.87. The number of hydrogen-bond acceptors (Lipinski definition) is 5. The third-order valence-electron chi connectivity index (χ3n) is 4.04. The van der Waals surface area contributed by atoms with Gasteiger partial charge in [0.25, 0.3) is 5.91 Å². The Bertz CT molecular complexity index is 692. The molecule has 2 heterocycles. The van der Waals surface area contributed by atoms with Crippen molar-refractivity contribution in [1.82, 2.24) is 4.90 Å². The van der Waals surface area contributed by atoms with Crippen LogP contribution in [0.25, 0.3) is 6.08 Å². The van der Waals surface area contributed by atoms with Crippen LogP contribution in [-0.4, -0.2) is 32.7 Å². The van der Waals surface area contributed by atoms with E-state index >= 15 is 0 Å². The quantitative estimate of drug-likeness (QED) is 0.649. The molecular formula is C16H17NO4S2. The van der Waals surface area contributed by atoms with Crippen LogP contribution in [0.5, 0.6) is 0 Å². The van der Waals surface area contributed by atoms with E-state index in [1.165, 1.54) is 34.2 Å². The number of aryl methyl sites for hydroxylation is 1. The van der Waals surface area contributed by atoms with Crippen molar-refractivity contribution in [2.75, 3.05) is 6.54 Å². The molecule has 7 heteroatoms. The van der Waals surface area contributed by atoms with Crippen molar-refractivity contribution >= 4 is 46.3 Å². The summed E-state index contributed by atoms with van der Waals surface area (Å²) < 4.78 is 6.11. The normalized spacial score (nSPS) is 19.5. The van der Waals surface area contributed by atoms with Crippen LogP contribution in [0.1, 0.15) is 42.6 Å². The third kappa shape index (κ3) is 3.50. The van der Waals surface area contributed by atoms with Gasteiger partial charge >= 0.3 is 5.97 Å². The number of carboxylic acid groups (broad SMARTS) is 1. The lowest BCUT2D eigenvalue weighted by Crippen LogP contribution is -2.29.